The van der Waals surface area contributed by atoms with Crippen molar-refractivity contribution in [2.45, 2.75) is 24.2 Å². The zero-order chi connectivity index (χ0) is 14.2. The van der Waals surface area contributed by atoms with Gasteiger partial charge in [-0.1, -0.05) is 23.9 Å². The van der Waals surface area contributed by atoms with E-state index in [0.29, 0.717) is 0 Å². The monoisotopic (exact) mass is 335 g/mol. The van der Waals surface area contributed by atoms with E-state index in [-0.39, 0.29) is 18.6 Å². The summed E-state index contributed by atoms with van der Waals surface area (Å²) in [6, 6.07) is 8.15. The maximum atomic E-state index is 6.25. The maximum Gasteiger partial charge on any atom is 0.187 e. The molecule has 1 aromatic carbocycles. The molecule has 2 aliphatic rings. The number of aromatic nitrogens is 2. The molecule has 0 amide bonds. The molecule has 3 heterocycles. The first kappa shape index (κ1) is 15.6. The van der Waals surface area contributed by atoms with Gasteiger partial charge in [0.2, 0.25) is 0 Å². The maximum absolute atomic E-state index is 6.25. The van der Waals surface area contributed by atoms with Crippen molar-refractivity contribution in [3.8, 4) is 17.0 Å². The summed E-state index contributed by atoms with van der Waals surface area (Å²) in [6.07, 6.45) is 6.37. The van der Waals surface area contributed by atoms with Gasteiger partial charge in [0.15, 0.2) is 11.4 Å². The van der Waals surface area contributed by atoms with Crippen LogP contribution >= 0.6 is 24.2 Å². The third-order valence-electron chi connectivity index (χ3n) is 4.10. The molecule has 2 aliphatic heterocycles. The quantitative estimate of drug-likeness (QED) is 0.617. The van der Waals surface area contributed by atoms with Crippen LogP contribution in [0.15, 0.2) is 35.6 Å². The zero-order valence-corrected chi connectivity index (χ0v) is 14.0. The number of ether oxygens (including phenoxy) is 1. The van der Waals surface area contributed by atoms with Crippen molar-refractivity contribution in [1.29, 1.82) is 0 Å². The molecule has 1 aromatic heterocycles. The molecule has 4 nitrogen and oxygen atoms in total. The molecule has 22 heavy (non-hydrogen) atoms. The summed E-state index contributed by atoms with van der Waals surface area (Å²) in [6.45, 7) is 2.16. The molecule has 0 saturated carbocycles. The van der Waals surface area contributed by atoms with E-state index >= 15 is 0 Å². The van der Waals surface area contributed by atoms with E-state index in [4.69, 9.17) is 9.72 Å². The van der Waals surface area contributed by atoms with Crippen LogP contribution in [0.4, 0.5) is 0 Å². The first-order chi connectivity index (χ1) is 10.4. The van der Waals surface area contributed by atoms with Crippen molar-refractivity contribution in [3.63, 3.8) is 0 Å². The Morgan fingerprint density at radius 2 is 2.00 bits per heavy atom. The number of hydrogen-bond acceptors (Lipinski definition) is 5. The molecule has 0 N–H and O–H groups in total. The second-order valence-corrected chi connectivity index (χ2v) is 6.14. The van der Waals surface area contributed by atoms with E-state index in [1.54, 1.807) is 11.8 Å². The Morgan fingerprint density at radius 1 is 1.23 bits per heavy atom. The molecular formula is C16H18ClN3OS. The molecule has 1 unspecified atom stereocenters. The molecule has 1 atom stereocenters. The van der Waals surface area contributed by atoms with Crippen molar-refractivity contribution in [2.24, 2.45) is 0 Å². The molecular weight excluding hydrogens is 318 g/mol. The molecule has 0 spiro atoms. The lowest BCUT2D eigenvalue weighted by atomic mass is 10.0. The SMILES string of the molecule is CSc1ncc2c(n1)-c1ccccc1OC2N1CCCC1.Cl. The highest BCUT2D eigenvalue weighted by Crippen LogP contribution is 2.43. The molecule has 2 aromatic rings. The van der Waals surface area contributed by atoms with Gasteiger partial charge in [0.1, 0.15) is 5.75 Å². The highest BCUT2D eigenvalue weighted by molar-refractivity contribution is 7.98. The van der Waals surface area contributed by atoms with Crippen molar-refractivity contribution in [2.75, 3.05) is 19.3 Å². The number of nitrogens with zero attached hydrogens (tertiary/aromatic N) is 3. The fraction of sp³-hybridized carbons (Fsp3) is 0.375. The van der Waals surface area contributed by atoms with Gasteiger partial charge >= 0.3 is 0 Å². The number of halogens is 1. The topological polar surface area (TPSA) is 38.3 Å². The van der Waals surface area contributed by atoms with E-state index in [0.717, 1.165) is 40.8 Å². The Kier molecular flexibility index (Phi) is 4.57. The summed E-state index contributed by atoms with van der Waals surface area (Å²) in [5.74, 6) is 0.924. The second kappa shape index (κ2) is 6.44. The second-order valence-electron chi connectivity index (χ2n) is 5.37. The summed E-state index contributed by atoms with van der Waals surface area (Å²) in [5, 5.41) is 0.811. The largest absolute Gasteiger partial charge is 0.470 e. The van der Waals surface area contributed by atoms with Crippen molar-refractivity contribution in [3.05, 3.63) is 36.0 Å². The number of fused-ring (bicyclic) bond motifs is 3. The van der Waals surface area contributed by atoms with Crippen LogP contribution in [0.5, 0.6) is 5.75 Å². The van der Waals surface area contributed by atoms with E-state index in [1.165, 1.54) is 12.8 Å². The summed E-state index contributed by atoms with van der Waals surface area (Å²) < 4.78 is 6.25. The van der Waals surface area contributed by atoms with E-state index in [1.807, 2.05) is 30.7 Å². The molecule has 1 saturated heterocycles. The third kappa shape index (κ3) is 2.57. The van der Waals surface area contributed by atoms with Gasteiger partial charge in [0.05, 0.1) is 11.3 Å². The van der Waals surface area contributed by atoms with E-state index in [2.05, 4.69) is 16.0 Å². The molecule has 6 heteroatoms. The zero-order valence-electron chi connectivity index (χ0n) is 12.4. The first-order valence-corrected chi connectivity index (χ1v) is 8.50. The highest BCUT2D eigenvalue weighted by atomic mass is 35.5. The highest BCUT2D eigenvalue weighted by Gasteiger charge is 2.33. The Morgan fingerprint density at radius 3 is 2.77 bits per heavy atom. The van der Waals surface area contributed by atoms with Crippen LogP contribution in [0.1, 0.15) is 24.6 Å². The van der Waals surface area contributed by atoms with Crippen molar-refractivity contribution in [1.82, 2.24) is 14.9 Å². The fourth-order valence-electron chi connectivity index (χ4n) is 3.07. The van der Waals surface area contributed by atoms with Crippen LogP contribution in [0.25, 0.3) is 11.3 Å². The van der Waals surface area contributed by atoms with Gasteiger partial charge in [-0.05, 0) is 31.2 Å². The average Bonchev–Trinajstić information content (AvgIpc) is 3.08. The molecule has 116 valence electrons. The van der Waals surface area contributed by atoms with Crippen LogP contribution in [0.3, 0.4) is 0 Å². The number of rotatable bonds is 2. The van der Waals surface area contributed by atoms with Gasteiger partial charge in [-0.3, -0.25) is 4.90 Å². The van der Waals surface area contributed by atoms with Crippen LogP contribution in [-0.2, 0) is 0 Å². The minimum atomic E-state index is -0.0479. The van der Waals surface area contributed by atoms with Crippen molar-refractivity contribution < 1.29 is 4.74 Å². The Hall–Kier alpha value is -1.30. The van der Waals surface area contributed by atoms with Crippen LogP contribution in [0.2, 0.25) is 0 Å². The van der Waals surface area contributed by atoms with Gasteiger partial charge in [-0.25, -0.2) is 9.97 Å². The molecule has 0 bridgehead atoms. The van der Waals surface area contributed by atoms with Gasteiger partial charge in [0, 0.05) is 24.8 Å². The Bertz CT molecular complexity index is 676. The van der Waals surface area contributed by atoms with Gasteiger partial charge in [-0.2, -0.15) is 0 Å². The standard InChI is InChI=1S/C16H17N3OS.ClH/c1-21-16-17-10-12-14(18-16)11-6-2-3-7-13(11)20-15(12)19-8-4-5-9-19;/h2-3,6-7,10,15H,4-5,8-9H2,1H3;1H. The molecule has 1 fully saturated rings. The summed E-state index contributed by atoms with van der Waals surface area (Å²) in [7, 11) is 0. The third-order valence-corrected chi connectivity index (χ3v) is 4.66. The summed E-state index contributed by atoms with van der Waals surface area (Å²) in [5.41, 5.74) is 3.18. The Balaban J connectivity index is 0.00000144. The predicted octanol–water partition coefficient (Wildman–Crippen LogP) is 3.77. The molecule has 0 aliphatic carbocycles. The number of likely N-dealkylation sites (tertiary alicyclic amines) is 1. The molecule has 4 rings (SSSR count). The minimum Gasteiger partial charge on any atom is -0.470 e. The fourth-order valence-corrected chi connectivity index (χ4v) is 3.41. The van der Waals surface area contributed by atoms with Crippen LogP contribution in [0, 0.1) is 0 Å². The number of thioether (sulfide) groups is 1. The smallest absolute Gasteiger partial charge is 0.187 e. The van der Waals surface area contributed by atoms with Gasteiger partial charge in [-0.15, -0.1) is 12.4 Å². The van der Waals surface area contributed by atoms with Gasteiger partial charge < -0.3 is 4.74 Å². The average molecular weight is 336 g/mol. The summed E-state index contributed by atoms with van der Waals surface area (Å²) in [4.78, 5) is 11.6. The predicted molar refractivity (Wildman–Crippen MR) is 90.7 cm³/mol. The van der Waals surface area contributed by atoms with E-state index < -0.39 is 0 Å². The van der Waals surface area contributed by atoms with E-state index in [9.17, 15) is 0 Å². The first-order valence-electron chi connectivity index (χ1n) is 7.28. The normalized spacial score (nSPS) is 19.8. The van der Waals surface area contributed by atoms with Crippen LogP contribution in [-0.4, -0.2) is 34.2 Å². The lowest BCUT2D eigenvalue weighted by Gasteiger charge is -2.33. The molecule has 0 radical (unpaired) electrons. The van der Waals surface area contributed by atoms with Gasteiger partial charge in [0.25, 0.3) is 0 Å². The van der Waals surface area contributed by atoms with Crippen LogP contribution < -0.4 is 4.74 Å². The summed E-state index contributed by atoms with van der Waals surface area (Å²) >= 11 is 1.57. The number of para-hydroxylation sites is 1. The lowest BCUT2D eigenvalue weighted by Crippen LogP contribution is -2.32. The number of benzene rings is 1. The number of hydrogen-bond donors (Lipinski definition) is 0. The Labute approximate surface area is 140 Å². The minimum absolute atomic E-state index is 0. The lowest BCUT2D eigenvalue weighted by molar-refractivity contribution is 0.0391. The van der Waals surface area contributed by atoms with Crippen molar-refractivity contribution >= 4 is 24.2 Å².